The summed E-state index contributed by atoms with van der Waals surface area (Å²) in [6.45, 7) is 4.86. The first-order chi connectivity index (χ1) is 7.33. The second kappa shape index (κ2) is 5.31. The molecule has 1 heterocycles. The Bertz CT molecular complexity index is 191. The molecule has 1 N–H and O–H groups in total. The van der Waals surface area contributed by atoms with Crippen LogP contribution in [0.15, 0.2) is 0 Å². The van der Waals surface area contributed by atoms with Crippen molar-refractivity contribution in [1.29, 1.82) is 0 Å². The minimum atomic E-state index is 0.723. The Hall–Kier alpha value is -0.0800. The van der Waals surface area contributed by atoms with Gasteiger partial charge in [0.15, 0.2) is 0 Å². The average molecular weight is 210 g/mol. The molecule has 0 radical (unpaired) electrons. The van der Waals surface area contributed by atoms with Gasteiger partial charge in [0.2, 0.25) is 0 Å². The van der Waals surface area contributed by atoms with Crippen molar-refractivity contribution in [3.05, 3.63) is 0 Å². The van der Waals surface area contributed by atoms with E-state index in [9.17, 15) is 0 Å². The van der Waals surface area contributed by atoms with Crippen LogP contribution in [0.4, 0.5) is 0 Å². The van der Waals surface area contributed by atoms with Gasteiger partial charge in [-0.15, -0.1) is 0 Å². The first-order valence-corrected chi connectivity index (χ1v) is 6.73. The third-order valence-corrected chi connectivity index (χ3v) is 4.35. The summed E-state index contributed by atoms with van der Waals surface area (Å²) in [7, 11) is 2.07. The molecule has 0 aromatic heterocycles. The summed E-state index contributed by atoms with van der Waals surface area (Å²) in [5.41, 5.74) is 0. The molecule has 88 valence electrons. The third kappa shape index (κ3) is 2.54. The Morgan fingerprint density at radius 2 is 1.93 bits per heavy atom. The highest BCUT2D eigenvalue weighted by Gasteiger charge is 2.34. The molecule has 15 heavy (non-hydrogen) atoms. The van der Waals surface area contributed by atoms with Crippen LogP contribution in [0.5, 0.6) is 0 Å². The van der Waals surface area contributed by atoms with Gasteiger partial charge in [-0.3, -0.25) is 4.90 Å². The second-order valence-electron chi connectivity index (χ2n) is 5.40. The molecule has 3 unspecified atom stereocenters. The van der Waals surface area contributed by atoms with Crippen LogP contribution in [0.3, 0.4) is 0 Å². The van der Waals surface area contributed by atoms with Crippen LogP contribution in [0.2, 0.25) is 0 Å². The molecule has 2 heteroatoms. The molecule has 2 nitrogen and oxygen atoms in total. The molecule has 0 aromatic rings. The van der Waals surface area contributed by atoms with Crippen molar-refractivity contribution in [1.82, 2.24) is 10.2 Å². The number of fused-ring (bicyclic) bond motifs is 1. The zero-order valence-corrected chi connectivity index (χ0v) is 10.3. The average Bonchev–Trinajstić information content (AvgIpc) is 2.28. The molecule has 1 saturated heterocycles. The SMILES string of the molecule is CNCC(C)N1CCCC2CCCCC21. The van der Waals surface area contributed by atoms with Crippen LogP contribution >= 0.6 is 0 Å². The predicted octanol–water partition coefficient (Wildman–Crippen LogP) is 2.25. The minimum absolute atomic E-state index is 0.723. The molecule has 1 aliphatic carbocycles. The molecule has 3 atom stereocenters. The van der Waals surface area contributed by atoms with Crippen LogP contribution in [0.25, 0.3) is 0 Å². The van der Waals surface area contributed by atoms with Crippen molar-refractivity contribution < 1.29 is 0 Å². The fourth-order valence-corrected chi connectivity index (χ4v) is 3.62. The standard InChI is InChI=1S/C13H26N2/c1-11(10-14-2)15-9-5-7-12-6-3-4-8-13(12)15/h11-14H,3-10H2,1-2H3. The fraction of sp³-hybridized carbons (Fsp3) is 1.00. The van der Waals surface area contributed by atoms with Crippen molar-refractivity contribution in [2.75, 3.05) is 20.1 Å². The van der Waals surface area contributed by atoms with E-state index in [1.165, 1.54) is 45.1 Å². The van der Waals surface area contributed by atoms with E-state index in [1.807, 2.05) is 0 Å². The van der Waals surface area contributed by atoms with Crippen molar-refractivity contribution in [2.45, 2.75) is 57.5 Å². The Balaban J connectivity index is 1.96. The van der Waals surface area contributed by atoms with E-state index in [-0.39, 0.29) is 0 Å². The lowest BCUT2D eigenvalue weighted by Crippen LogP contribution is -2.52. The molecule has 0 amide bonds. The first-order valence-electron chi connectivity index (χ1n) is 6.73. The lowest BCUT2D eigenvalue weighted by Gasteiger charge is -2.47. The smallest absolute Gasteiger partial charge is 0.0195 e. The van der Waals surface area contributed by atoms with Gasteiger partial charge in [0.1, 0.15) is 0 Å². The summed E-state index contributed by atoms with van der Waals surface area (Å²) in [5, 5.41) is 3.32. The van der Waals surface area contributed by atoms with Gasteiger partial charge in [-0.2, -0.15) is 0 Å². The van der Waals surface area contributed by atoms with Crippen LogP contribution < -0.4 is 5.32 Å². The van der Waals surface area contributed by atoms with E-state index in [0.29, 0.717) is 0 Å². The van der Waals surface area contributed by atoms with Gasteiger partial charge in [0.25, 0.3) is 0 Å². The highest BCUT2D eigenvalue weighted by atomic mass is 15.2. The molecule has 2 rings (SSSR count). The van der Waals surface area contributed by atoms with E-state index in [4.69, 9.17) is 0 Å². The van der Waals surface area contributed by atoms with E-state index >= 15 is 0 Å². The Morgan fingerprint density at radius 3 is 2.73 bits per heavy atom. The number of piperidine rings is 1. The number of nitrogens with one attached hydrogen (secondary N) is 1. The summed E-state index contributed by atoms with van der Waals surface area (Å²) in [4.78, 5) is 2.78. The zero-order valence-electron chi connectivity index (χ0n) is 10.3. The van der Waals surface area contributed by atoms with E-state index < -0.39 is 0 Å². The van der Waals surface area contributed by atoms with Gasteiger partial charge in [-0.05, 0) is 52.1 Å². The zero-order chi connectivity index (χ0) is 10.7. The molecule has 0 bridgehead atoms. The van der Waals surface area contributed by atoms with Crippen LogP contribution in [-0.2, 0) is 0 Å². The van der Waals surface area contributed by atoms with Crippen molar-refractivity contribution >= 4 is 0 Å². The van der Waals surface area contributed by atoms with Gasteiger partial charge in [0.05, 0.1) is 0 Å². The number of likely N-dealkylation sites (N-methyl/N-ethyl adjacent to an activating group) is 1. The molecule has 1 aliphatic heterocycles. The first kappa shape index (κ1) is 11.4. The van der Waals surface area contributed by atoms with Gasteiger partial charge >= 0.3 is 0 Å². The van der Waals surface area contributed by atoms with E-state index in [0.717, 1.165) is 24.5 Å². The van der Waals surface area contributed by atoms with Crippen LogP contribution in [0.1, 0.15) is 45.4 Å². The number of likely N-dealkylation sites (tertiary alicyclic amines) is 1. The van der Waals surface area contributed by atoms with E-state index in [2.05, 4.69) is 24.2 Å². The molecule has 0 spiro atoms. The minimum Gasteiger partial charge on any atom is -0.318 e. The van der Waals surface area contributed by atoms with Crippen molar-refractivity contribution in [3.8, 4) is 0 Å². The maximum Gasteiger partial charge on any atom is 0.0195 e. The van der Waals surface area contributed by atoms with Gasteiger partial charge in [-0.1, -0.05) is 12.8 Å². The lowest BCUT2D eigenvalue weighted by atomic mass is 9.78. The third-order valence-electron chi connectivity index (χ3n) is 4.35. The maximum atomic E-state index is 3.32. The highest BCUT2D eigenvalue weighted by molar-refractivity contribution is 4.89. The Morgan fingerprint density at radius 1 is 1.20 bits per heavy atom. The molecule has 1 saturated carbocycles. The van der Waals surface area contributed by atoms with E-state index in [1.54, 1.807) is 0 Å². The maximum absolute atomic E-state index is 3.32. The number of nitrogens with zero attached hydrogens (tertiary/aromatic N) is 1. The quantitative estimate of drug-likeness (QED) is 0.768. The molecule has 2 aliphatic rings. The predicted molar refractivity (Wildman–Crippen MR) is 65.1 cm³/mol. The topological polar surface area (TPSA) is 15.3 Å². The van der Waals surface area contributed by atoms with Gasteiger partial charge in [-0.25, -0.2) is 0 Å². The summed E-state index contributed by atoms with van der Waals surface area (Å²) < 4.78 is 0. The Labute approximate surface area is 94.4 Å². The summed E-state index contributed by atoms with van der Waals surface area (Å²) in [5.74, 6) is 1.02. The van der Waals surface area contributed by atoms with Crippen LogP contribution in [-0.4, -0.2) is 37.1 Å². The molecule has 0 aromatic carbocycles. The summed E-state index contributed by atoms with van der Waals surface area (Å²) in [6, 6.07) is 1.64. The molecular weight excluding hydrogens is 184 g/mol. The molecule has 2 fully saturated rings. The van der Waals surface area contributed by atoms with Gasteiger partial charge < -0.3 is 5.32 Å². The normalized spacial score (nSPS) is 34.8. The largest absolute Gasteiger partial charge is 0.318 e. The summed E-state index contributed by atoms with van der Waals surface area (Å²) in [6.07, 6.45) is 8.81. The second-order valence-corrected chi connectivity index (χ2v) is 5.40. The van der Waals surface area contributed by atoms with Crippen molar-refractivity contribution in [2.24, 2.45) is 5.92 Å². The number of rotatable bonds is 3. The molecular formula is C13H26N2. The van der Waals surface area contributed by atoms with Crippen molar-refractivity contribution in [3.63, 3.8) is 0 Å². The monoisotopic (exact) mass is 210 g/mol. The number of hydrogen-bond donors (Lipinski definition) is 1. The van der Waals surface area contributed by atoms with Crippen LogP contribution in [0, 0.1) is 5.92 Å². The van der Waals surface area contributed by atoms with Gasteiger partial charge in [0, 0.05) is 18.6 Å². The highest BCUT2D eigenvalue weighted by Crippen LogP contribution is 2.35. The summed E-state index contributed by atoms with van der Waals surface area (Å²) >= 11 is 0. The Kier molecular flexibility index (Phi) is 4.04. The number of hydrogen-bond acceptors (Lipinski definition) is 2. The fourth-order valence-electron chi connectivity index (χ4n) is 3.62. The lowest BCUT2D eigenvalue weighted by molar-refractivity contribution is 0.0321.